The molecule has 0 bridgehead atoms. The van der Waals surface area contributed by atoms with Gasteiger partial charge in [-0.25, -0.2) is 8.42 Å². The summed E-state index contributed by atoms with van der Waals surface area (Å²) in [6.45, 7) is -1.75. The molecule has 7 nitrogen and oxygen atoms in total. The lowest BCUT2D eigenvalue weighted by Gasteiger charge is -2.32. The summed E-state index contributed by atoms with van der Waals surface area (Å²) in [5.41, 5.74) is 0. The fraction of sp³-hybridized carbons (Fsp3) is 0.500. The molecule has 0 amide bonds. The Labute approximate surface area is 219 Å². The monoisotopic (exact) mass is 636 g/mol. The van der Waals surface area contributed by atoms with Crippen LogP contribution in [0.4, 0.5) is 39.5 Å². The molecule has 2 aromatic rings. The molecule has 3 rings (SSSR count). The number of ether oxygens (including phenoxy) is 1. The Bertz CT molecular complexity index is 1410. The van der Waals surface area contributed by atoms with E-state index in [2.05, 4.69) is 4.18 Å². The fourth-order valence-electron chi connectivity index (χ4n) is 3.53. The molecule has 2 aromatic carbocycles. The van der Waals surface area contributed by atoms with Crippen LogP contribution in [0.1, 0.15) is 12.8 Å². The van der Waals surface area contributed by atoms with Crippen molar-refractivity contribution in [1.82, 2.24) is 4.13 Å². The summed E-state index contributed by atoms with van der Waals surface area (Å²) in [6.07, 6.45) is -5.14. The highest BCUT2D eigenvalue weighted by molar-refractivity contribution is 8.03. The molecule has 0 unspecified atom stereocenters. The number of hydrogen-bond donors (Lipinski definition) is 1. The van der Waals surface area contributed by atoms with Crippen molar-refractivity contribution in [1.29, 1.82) is 0 Å². The van der Waals surface area contributed by atoms with Gasteiger partial charge in [0.25, 0.3) is 10.0 Å². The van der Waals surface area contributed by atoms with Gasteiger partial charge in [-0.2, -0.15) is 47.9 Å². The van der Waals surface area contributed by atoms with Crippen molar-refractivity contribution in [3.63, 3.8) is 0 Å². The minimum atomic E-state index is -7.60. The standard InChI is InChI=1S/C20H19F9NO6S3/c21-17(22,19(25,26)27)18(23,24)20(28,29)38(31,32)30-39(33,34)36-10-9-35-15-7-8-16(37-11-3-4-12-37)14-6-2-1-5-13(14)15/h1-2,5-8,30H,3-4,9-12H2/q+1. The zero-order valence-electron chi connectivity index (χ0n) is 19.3. The van der Waals surface area contributed by atoms with Crippen molar-refractivity contribution in [3.8, 4) is 5.75 Å². The maximum Gasteiger partial charge on any atom is 0.460 e. The second-order valence-electron chi connectivity index (χ2n) is 8.09. The maximum atomic E-state index is 13.7. The highest BCUT2D eigenvalue weighted by atomic mass is 32.3. The highest BCUT2D eigenvalue weighted by Crippen LogP contribution is 2.54. The predicted molar refractivity (Wildman–Crippen MR) is 122 cm³/mol. The molecule has 1 saturated heterocycles. The summed E-state index contributed by atoms with van der Waals surface area (Å²) in [7, 11) is -13.3. The molecular weight excluding hydrogens is 617 g/mol. The molecule has 19 heteroatoms. The molecule has 220 valence electrons. The number of halogens is 9. The molecule has 1 N–H and O–H groups in total. The topological polar surface area (TPSA) is 98.8 Å². The van der Waals surface area contributed by atoms with Crippen LogP contribution >= 0.6 is 0 Å². The first-order valence-electron chi connectivity index (χ1n) is 10.7. The largest absolute Gasteiger partial charge is 0.490 e. The normalized spacial score (nSPS) is 16.6. The average Bonchev–Trinajstić information content (AvgIpc) is 3.34. The van der Waals surface area contributed by atoms with E-state index in [1.165, 1.54) is 0 Å². The second kappa shape index (κ2) is 10.8. The van der Waals surface area contributed by atoms with Gasteiger partial charge in [0.2, 0.25) is 0 Å². The van der Waals surface area contributed by atoms with Crippen molar-refractivity contribution >= 4 is 42.0 Å². The van der Waals surface area contributed by atoms with Crippen LogP contribution in [0, 0.1) is 0 Å². The first kappa shape index (κ1) is 31.6. The van der Waals surface area contributed by atoms with Crippen LogP contribution in [0.25, 0.3) is 10.8 Å². The summed E-state index contributed by atoms with van der Waals surface area (Å²) >= 11 is 0. The number of rotatable bonds is 11. The Balaban J connectivity index is 1.68. The van der Waals surface area contributed by atoms with Crippen molar-refractivity contribution < 1.29 is 65.3 Å². The molecule has 1 fully saturated rings. The molecule has 0 aromatic heterocycles. The SMILES string of the molecule is O=S(=O)(NS(=O)(=O)C(F)(F)C(F)(F)C(F)(F)C(F)(F)F)OCCOc1ccc([S+]2CCCC2)c2ccccc12. The van der Waals surface area contributed by atoms with Gasteiger partial charge in [0, 0.05) is 21.7 Å². The lowest BCUT2D eigenvalue weighted by molar-refractivity contribution is -0.382. The van der Waals surface area contributed by atoms with Crippen LogP contribution in [0.2, 0.25) is 0 Å². The molecule has 0 saturated carbocycles. The summed E-state index contributed by atoms with van der Waals surface area (Å²) in [5.74, 6) is -12.9. The second-order valence-corrected chi connectivity index (χ2v) is 13.7. The van der Waals surface area contributed by atoms with Gasteiger partial charge in [0.15, 0.2) is 4.90 Å². The molecule has 1 aliphatic rings. The van der Waals surface area contributed by atoms with Gasteiger partial charge in [-0.1, -0.05) is 22.3 Å². The number of hydrogen-bond acceptors (Lipinski definition) is 6. The van der Waals surface area contributed by atoms with Gasteiger partial charge in [0.05, 0.1) is 0 Å². The molecule has 0 radical (unpaired) electrons. The first-order chi connectivity index (χ1) is 17.8. The molecule has 0 spiro atoms. The quantitative estimate of drug-likeness (QED) is 0.220. The summed E-state index contributed by atoms with van der Waals surface area (Å²) < 4.78 is 173. The number of fused-ring (bicyclic) bond motifs is 1. The minimum Gasteiger partial charge on any atom is -0.490 e. The third-order valence-corrected chi connectivity index (χ3v) is 11.1. The van der Waals surface area contributed by atoms with E-state index < -0.39 is 56.8 Å². The van der Waals surface area contributed by atoms with E-state index in [9.17, 15) is 56.3 Å². The van der Waals surface area contributed by atoms with Crippen molar-refractivity contribution in [2.75, 3.05) is 24.7 Å². The Morgan fingerprint density at radius 2 is 1.33 bits per heavy atom. The van der Waals surface area contributed by atoms with Gasteiger partial charge >= 0.3 is 33.6 Å². The van der Waals surface area contributed by atoms with E-state index in [4.69, 9.17) is 4.74 Å². The number of alkyl halides is 9. The molecule has 0 aliphatic carbocycles. The number of sulfonamides is 1. The zero-order chi connectivity index (χ0) is 29.5. The van der Waals surface area contributed by atoms with Crippen LogP contribution in [0.3, 0.4) is 0 Å². The van der Waals surface area contributed by atoms with Crippen LogP contribution in [0.5, 0.6) is 5.75 Å². The predicted octanol–water partition coefficient (Wildman–Crippen LogP) is 4.60. The smallest absolute Gasteiger partial charge is 0.460 e. The summed E-state index contributed by atoms with van der Waals surface area (Å²) in [5, 5.41) is -5.75. The van der Waals surface area contributed by atoms with Crippen molar-refractivity contribution in [2.45, 2.75) is 41.0 Å². The Kier molecular flexibility index (Phi) is 8.73. The van der Waals surface area contributed by atoms with Crippen LogP contribution in [-0.4, -0.2) is 64.8 Å². The average molecular weight is 637 g/mol. The number of benzene rings is 2. The maximum absolute atomic E-state index is 13.7. The van der Waals surface area contributed by atoms with E-state index in [0.717, 1.165) is 34.6 Å². The zero-order valence-corrected chi connectivity index (χ0v) is 21.7. The van der Waals surface area contributed by atoms with E-state index in [1.54, 1.807) is 24.3 Å². The molecular formula is C20H19F9NO6S3+. The first-order valence-corrected chi connectivity index (χ1v) is 15.2. The van der Waals surface area contributed by atoms with Gasteiger partial charge in [-0.05, 0) is 31.0 Å². The van der Waals surface area contributed by atoms with E-state index in [-0.39, 0.29) is 20.8 Å². The minimum absolute atomic E-state index is 0.0242. The van der Waals surface area contributed by atoms with Gasteiger partial charge < -0.3 is 4.74 Å². The Hall–Kier alpha value is -1.96. The van der Waals surface area contributed by atoms with Gasteiger partial charge in [-0.3, -0.25) is 4.18 Å². The van der Waals surface area contributed by atoms with E-state index >= 15 is 0 Å². The molecule has 1 aliphatic heterocycles. The fourth-order valence-corrected chi connectivity index (χ4v) is 8.47. The molecule has 0 atom stereocenters. The third-order valence-electron chi connectivity index (χ3n) is 5.43. The van der Waals surface area contributed by atoms with Gasteiger partial charge in [-0.15, -0.1) is 0 Å². The van der Waals surface area contributed by atoms with E-state index in [1.807, 2.05) is 12.1 Å². The van der Waals surface area contributed by atoms with Gasteiger partial charge in [0.1, 0.15) is 30.5 Å². The van der Waals surface area contributed by atoms with Crippen molar-refractivity contribution in [2.24, 2.45) is 0 Å². The third kappa shape index (κ3) is 6.06. The molecule has 39 heavy (non-hydrogen) atoms. The Morgan fingerprint density at radius 1 is 0.769 bits per heavy atom. The van der Waals surface area contributed by atoms with Crippen LogP contribution in [-0.2, 0) is 35.4 Å². The number of nitrogens with one attached hydrogen (secondary N) is 1. The van der Waals surface area contributed by atoms with E-state index in [0.29, 0.717) is 5.39 Å². The van der Waals surface area contributed by atoms with Crippen LogP contribution < -0.4 is 8.86 Å². The molecule has 1 heterocycles. The lowest BCUT2D eigenvalue weighted by Crippen LogP contribution is -2.65. The summed E-state index contributed by atoms with van der Waals surface area (Å²) in [4.78, 5) is 1.09. The van der Waals surface area contributed by atoms with Crippen LogP contribution in [0.15, 0.2) is 41.3 Å². The highest BCUT2D eigenvalue weighted by Gasteiger charge is 2.85. The Morgan fingerprint density at radius 3 is 1.90 bits per heavy atom. The lowest BCUT2D eigenvalue weighted by atomic mass is 10.1. The van der Waals surface area contributed by atoms with Crippen molar-refractivity contribution in [3.05, 3.63) is 36.4 Å². The summed E-state index contributed by atoms with van der Waals surface area (Å²) in [6, 6.07) is 10.4.